The average Bonchev–Trinajstić information content (AvgIpc) is 2.27. The molecule has 0 aliphatic heterocycles. The molecule has 0 aromatic carbocycles. The van der Waals surface area contributed by atoms with Crippen molar-refractivity contribution in [2.75, 3.05) is 6.54 Å². The quantitative estimate of drug-likeness (QED) is 0.667. The van der Waals surface area contributed by atoms with Crippen molar-refractivity contribution in [2.45, 2.75) is 53.5 Å². The molecule has 0 fully saturated rings. The smallest absolute Gasteiger partial charge is 0.164 e. The first-order valence-electron chi connectivity index (χ1n) is 6.40. The first-order chi connectivity index (χ1) is 8.19. The van der Waals surface area contributed by atoms with Gasteiger partial charge in [0.2, 0.25) is 0 Å². The van der Waals surface area contributed by atoms with Crippen LogP contribution in [0.3, 0.4) is 0 Å². The van der Waals surface area contributed by atoms with Crippen molar-refractivity contribution >= 4 is 0 Å². The molecule has 0 saturated heterocycles. The van der Waals surface area contributed by atoms with Crippen LogP contribution in [0, 0.1) is 39.9 Å². The molecule has 0 radical (unpaired) electrons. The van der Waals surface area contributed by atoms with Gasteiger partial charge in [-0.05, 0) is 32.1 Å². The monoisotopic (exact) mass is 248 g/mol. The van der Waals surface area contributed by atoms with Crippen LogP contribution in [0.1, 0.15) is 48.0 Å². The van der Waals surface area contributed by atoms with Crippen LogP contribution in [0.5, 0.6) is 0 Å². The summed E-state index contributed by atoms with van der Waals surface area (Å²) in [6.07, 6.45) is 0.679. The number of hydrogen-bond donors (Lipinski definition) is 0. The van der Waals surface area contributed by atoms with Crippen LogP contribution in [-0.4, -0.2) is 12.1 Å². The Balaban J connectivity index is 4.75. The predicted molar refractivity (Wildman–Crippen MR) is 71.8 cm³/mol. The van der Waals surface area contributed by atoms with Crippen molar-refractivity contribution in [2.24, 2.45) is 27.5 Å². The van der Waals surface area contributed by atoms with Gasteiger partial charge in [0.25, 0.3) is 0 Å². The standard InChI is InChI=1S/C14H24N4/c1-11(2)7-14(6,9-16)18-17-10-13(5,8-15)12(3)4/h11-12H,7,10H2,1-6H3. The highest BCUT2D eigenvalue weighted by Crippen LogP contribution is 2.27. The summed E-state index contributed by atoms with van der Waals surface area (Å²) >= 11 is 0. The van der Waals surface area contributed by atoms with Gasteiger partial charge in [-0.3, -0.25) is 0 Å². The zero-order valence-corrected chi connectivity index (χ0v) is 12.4. The maximum atomic E-state index is 9.17. The second-order valence-electron chi connectivity index (χ2n) is 6.07. The van der Waals surface area contributed by atoms with Crippen LogP contribution in [0.15, 0.2) is 10.2 Å². The lowest BCUT2D eigenvalue weighted by atomic mass is 9.81. The van der Waals surface area contributed by atoms with Gasteiger partial charge in [0.15, 0.2) is 5.54 Å². The Morgan fingerprint density at radius 3 is 1.94 bits per heavy atom. The fourth-order valence-electron chi connectivity index (χ4n) is 1.59. The van der Waals surface area contributed by atoms with Gasteiger partial charge in [-0.2, -0.15) is 20.8 Å². The maximum Gasteiger partial charge on any atom is 0.164 e. The van der Waals surface area contributed by atoms with E-state index in [0.717, 1.165) is 0 Å². The van der Waals surface area contributed by atoms with Gasteiger partial charge in [-0.15, -0.1) is 0 Å². The molecule has 2 atom stereocenters. The Kier molecular flexibility index (Phi) is 5.98. The van der Waals surface area contributed by atoms with E-state index in [2.05, 4.69) is 36.2 Å². The third-order valence-electron chi connectivity index (χ3n) is 3.27. The van der Waals surface area contributed by atoms with E-state index in [1.54, 1.807) is 6.92 Å². The normalized spacial score (nSPS) is 18.3. The second kappa shape index (κ2) is 6.50. The van der Waals surface area contributed by atoms with Crippen LogP contribution in [0.2, 0.25) is 0 Å². The van der Waals surface area contributed by atoms with Crippen molar-refractivity contribution in [3.05, 3.63) is 0 Å². The van der Waals surface area contributed by atoms with Crippen molar-refractivity contribution in [1.29, 1.82) is 10.5 Å². The largest absolute Gasteiger partial charge is 0.198 e. The third-order valence-corrected chi connectivity index (χ3v) is 3.27. The summed E-state index contributed by atoms with van der Waals surface area (Å²) in [6, 6.07) is 4.49. The summed E-state index contributed by atoms with van der Waals surface area (Å²) in [6.45, 7) is 12.1. The highest BCUT2D eigenvalue weighted by Gasteiger charge is 2.29. The molecule has 0 heterocycles. The zero-order valence-electron chi connectivity index (χ0n) is 12.4. The van der Waals surface area contributed by atoms with Crippen LogP contribution < -0.4 is 0 Å². The van der Waals surface area contributed by atoms with E-state index in [4.69, 9.17) is 5.26 Å². The molecule has 0 N–H and O–H groups in total. The maximum absolute atomic E-state index is 9.17. The van der Waals surface area contributed by atoms with E-state index >= 15 is 0 Å². The van der Waals surface area contributed by atoms with Gasteiger partial charge in [0.05, 0.1) is 24.1 Å². The van der Waals surface area contributed by atoms with Crippen molar-refractivity contribution < 1.29 is 0 Å². The summed E-state index contributed by atoms with van der Waals surface area (Å²) in [5.41, 5.74) is -1.29. The SMILES string of the molecule is CC(C)CC(C)(C#N)N=NCC(C)(C#N)C(C)C. The molecule has 0 aromatic rings. The van der Waals surface area contributed by atoms with E-state index in [1.807, 2.05) is 20.8 Å². The average molecular weight is 248 g/mol. The molecule has 18 heavy (non-hydrogen) atoms. The molecule has 0 aliphatic rings. The lowest BCUT2D eigenvalue weighted by Gasteiger charge is -2.24. The fourth-order valence-corrected chi connectivity index (χ4v) is 1.59. The molecular weight excluding hydrogens is 224 g/mol. The molecule has 4 heteroatoms. The minimum absolute atomic E-state index is 0.208. The van der Waals surface area contributed by atoms with Crippen LogP contribution >= 0.6 is 0 Å². The van der Waals surface area contributed by atoms with Gasteiger partial charge >= 0.3 is 0 Å². The lowest BCUT2D eigenvalue weighted by Crippen LogP contribution is -2.26. The Morgan fingerprint density at radius 1 is 1.06 bits per heavy atom. The number of hydrogen-bond acceptors (Lipinski definition) is 4. The molecule has 0 aliphatic carbocycles. The molecule has 0 rings (SSSR count). The zero-order chi connectivity index (χ0) is 14.4. The Labute approximate surface area is 111 Å². The summed E-state index contributed by atoms with van der Waals surface area (Å²) in [5, 5.41) is 26.6. The minimum Gasteiger partial charge on any atom is -0.198 e. The Morgan fingerprint density at radius 2 is 1.61 bits per heavy atom. The lowest BCUT2D eigenvalue weighted by molar-refractivity contribution is 0.310. The summed E-state index contributed by atoms with van der Waals surface area (Å²) in [4.78, 5) is 0. The van der Waals surface area contributed by atoms with E-state index in [-0.39, 0.29) is 5.92 Å². The number of rotatable bonds is 6. The summed E-state index contributed by atoms with van der Waals surface area (Å²) in [7, 11) is 0. The van der Waals surface area contributed by atoms with Crippen molar-refractivity contribution in [1.82, 2.24) is 0 Å². The van der Waals surface area contributed by atoms with Crippen LogP contribution in [0.25, 0.3) is 0 Å². The number of nitriles is 2. The third kappa shape index (κ3) is 4.84. The topological polar surface area (TPSA) is 72.3 Å². The molecule has 0 saturated carbocycles. The molecule has 100 valence electrons. The van der Waals surface area contributed by atoms with E-state index in [0.29, 0.717) is 18.9 Å². The van der Waals surface area contributed by atoms with Crippen LogP contribution in [0.4, 0.5) is 0 Å². The Bertz CT molecular complexity index is 372. The highest BCUT2D eigenvalue weighted by atomic mass is 15.1. The summed E-state index contributed by atoms with van der Waals surface area (Å²) in [5.74, 6) is 0.598. The molecule has 0 aromatic heterocycles. The van der Waals surface area contributed by atoms with E-state index in [9.17, 15) is 5.26 Å². The molecule has 0 amide bonds. The predicted octanol–water partition coefficient (Wildman–Crippen LogP) is 3.95. The van der Waals surface area contributed by atoms with Crippen molar-refractivity contribution in [3.63, 3.8) is 0 Å². The molecule has 0 spiro atoms. The van der Waals surface area contributed by atoms with Gasteiger partial charge in [0.1, 0.15) is 0 Å². The minimum atomic E-state index is -0.776. The summed E-state index contributed by atoms with van der Waals surface area (Å²) < 4.78 is 0. The van der Waals surface area contributed by atoms with Gasteiger partial charge < -0.3 is 0 Å². The molecule has 4 nitrogen and oxygen atoms in total. The molecule has 2 unspecified atom stereocenters. The van der Waals surface area contributed by atoms with Gasteiger partial charge in [0, 0.05) is 0 Å². The van der Waals surface area contributed by atoms with E-state index < -0.39 is 11.0 Å². The Hall–Kier alpha value is -1.42. The van der Waals surface area contributed by atoms with Crippen molar-refractivity contribution in [3.8, 4) is 12.1 Å². The van der Waals surface area contributed by atoms with E-state index in [1.165, 1.54) is 0 Å². The van der Waals surface area contributed by atoms with Gasteiger partial charge in [-0.1, -0.05) is 27.7 Å². The first-order valence-corrected chi connectivity index (χ1v) is 6.40. The second-order valence-corrected chi connectivity index (χ2v) is 6.07. The number of azo groups is 1. The number of nitrogens with zero attached hydrogens (tertiary/aromatic N) is 4. The first kappa shape index (κ1) is 16.6. The fraction of sp³-hybridized carbons (Fsp3) is 0.857. The molecular formula is C14H24N4. The van der Waals surface area contributed by atoms with Gasteiger partial charge in [-0.25, -0.2) is 0 Å². The molecule has 0 bridgehead atoms. The van der Waals surface area contributed by atoms with Crippen LogP contribution in [-0.2, 0) is 0 Å². The highest BCUT2D eigenvalue weighted by molar-refractivity contribution is 5.04.